The molecular formula is C18H18FN. The highest BCUT2D eigenvalue weighted by Crippen LogP contribution is 2.28. The van der Waals surface area contributed by atoms with Gasteiger partial charge in [0.05, 0.1) is 12.0 Å². The summed E-state index contributed by atoms with van der Waals surface area (Å²) in [4.78, 5) is 0. The average molecular weight is 267 g/mol. The van der Waals surface area contributed by atoms with Gasteiger partial charge in [0.25, 0.3) is 0 Å². The third-order valence-electron chi connectivity index (χ3n) is 3.57. The zero-order valence-electron chi connectivity index (χ0n) is 12.1. The van der Waals surface area contributed by atoms with Crippen LogP contribution in [0.5, 0.6) is 0 Å². The van der Waals surface area contributed by atoms with Gasteiger partial charge in [-0.05, 0) is 61.6 Å². The molecule has 0 aliphatic rings. The summed E-state index contributed by atoms with van der Waals surface area (Å²) >= 11 is 0. The summed E-state index contributed by atoms with van der Waals surface area (Å²) in [5.41, 5.74) is 5.39. The van der Waals surface area contributed by atoms with E-state index in [0.29, 0.717) is 6.42 Å². The first-order valence-electron chi connectivity index (χ1n) is 6.73. The van der Waals surface area contributed by atoms with Gasteiger partial charge in [-0.2, -0.15) is 5.26 Å². The highest BCUT2D eigenvalue weighted by atomic mass is 19.1. The van der Waals surface area contributed by atoms with E-state index in [9.17, 15) is 9.65 Å². The van der Waals surface area contributed by atoms with Crippen LogP contribution in [0.15, 0.2) is 36.4 Å². The van der Waals surface area contributed by atoms with E-state index in [-0.39, 0.29) is 11.7 Å². The Morgan fingerprint density at radius 1 is 1.10 bits per heavy atom. The van der Waals surface area contributed by atoms with Gasteiger partial charge in [-0.1, -0.05) is 29.8 Å². The third-order valence-corrected chi connectivity index (χ3v) is 3.57. The predicted molar refractivity (Wildman–Crippen MR) is 79.1 cm³/mol. The molecule has 0 aromatic heterocycles. The molecule has 2 aromatic rings. The van der Waals surface area contributed by atoms with Gasteiger partial charge in [0.2, 0.25) is 0 Å². The van der Waals surface area contributed by atoms with E-state index in [4.69, 9.17) is 0 Å². The van der Waals surface area contributed by atoms with E-state index < -0.39 is 0 Å². The Hall–Kier alpha value is -2.14. The quantitative estimate of drug-likeness (QED) is 0.797. The molecule has 1 nitrogen and oxygen atoms in total. The molecule has 1 unspecified atom stereocenters. The molecule has 0 amide bonds. The van der Waals surface area contributed by atoms with E-state index in [1.54, 1.807) is 6.07 Å². The first-order chi connectivity index (χ1) is 9.51. The van der Waals surface area contributed by atoms with Gasteiger partial charge in [0.1, 0.15) is 5.82 Å². The summed E-state index contributed by atoms with van der Waals surface area (Å²) in [5, 5.41) is 9.48. The summed E-state index contributed by atoms with van der Waals surface area (Å²) in [6, 6.07) is 13.0. The molecular weight excluding hydrogens is 249 g/mol. The molecule has 0 spiro atoms. The fourth-order valence-corrected chi connectivity index (χ4v) is 2.85. The molecule has 0 saturated carbocycles. The molecule has 102 valence electrons. The second-order valence-electron chi connectivity index (χ2n) is 5.33. The normalized spacial score (nSPS) is 11.9. The van der Waals surface area contributed by atoms with Crippen LogP contribution in [-0.2, 0) is 6.42 Å². The summed E-state index contributed by atoms with van der Waals surface area (Å²) in [5.74, 6) is -0.492. The number of nitriles is 1. The van der Waals surface area contributed by atoms with Crippen LogP contribution in [0.1, 0.15) is 33.7 Å². The summed E-state index contributed by atoms with van der Waals surface area (Å²) in [6.07, 6.45) is 0.541. The Balaban J connectivity index is 2.37. The van der Waals surface area contributed by atoms with Crippen molar-refractivity contribution in [3.8, 4) is 6.07 Å². The monoisotopic (exact) mass is 267 g/mol. The van der Waals surface area contributed by atoms with Crippen molar-refractivity contribution in [1.29, 1.82) is 5.26 Å². The van der Waals surface area contributed by atoms with Crippen LogP contribution in [-0.4, -0.2) is 0 Å². The lowest BCUT2D eigenvalue weighted by Gasteiger charge is -2.16. The van der Waals surface area contributed by atoms with E-state index in [1.807, 2.05) is 19.9 Å². The van der Waals surface area contributed by atoms with Gasteiger partial charge in [-0.15, -0.1) is 0 Å². The van der Waals surface area contributed by atoms with Gasteiger partial charge in [0.15, 0.2) is 0 Å². The second-order valence-corrected chi connectivity index (χ2v) is 5.33. The number of hydrogen-bond donors (Lipinski definition) is 0. The summed E-state index contributed by atoms with van der Waals surface area (Å²) in [7, 11) is 0. The van der Waals surface area contributed by atoms with E-state index >= 15 is 0 Å². The van der Waals surface area contributed by atoms with Crippen LogP contribution in [0.25, 0.3) is 0 Å². The van der Waals surface area contributed by atoms with Crippen molar-refractivity contribution in [3.63, 3.8) is 0 Å². The van der Waals surface area contributed by atoms with Crippen LogP contribution >= 0.6 is 0 Å². The fraction of sp³-hybridized carbons (Fsp3) is 0.278. The fourth-order valence-electron chi connectivity index (χ4n) is 2.85. The lowest BCUT2D eigenvalue weighted by molar-refractivity contribution is 0.624. The molecule has 0 N–H and O–H groups in total. The topological polar surface area (TPSA) is 23.8 Å². The molecule has 2 rings (SSSR count). The molecule has 0 aliphatic heterocycles. The minimum Gasteiger partial charge on any atom is -0.207 e. The van der Waals surface area contributed by atoms with Crippen LogP contribution < -0.4 is 0 Å². The highest BCUT2D eigenvalue weighted by Gasteiger charge is 2.17. The molecule has 0 saturated heterocycles. The van der Waals surface area contributed by atoms with Crippen molar-refractivity contribution in [2.75, 3.05) is 0 Å². The Labute approximate surface area is 119 Å². The van der Waals surface area contributed by atoms with Gasteiger partial charge < -0.3 is 0 Å². The summed E-state index contributed by atoms with van der Waals surface area (Å²) < 4.78 is 13.3. The standard InChI is InChI=1S/C18H18FN/c1-12-7-13(2)18(14(3)8-12)16(11-20)9-15-5-4-6-17(19)10-15/h4-8,10,16H,9H2,1-3H3. The number of benzene rings is 2. The number of hydrogen-bond acceptors (Lipinski definition) is 1. The maximum absolute atomic E-state index is 13.3. The molecule has 0 bridgehead atoms. The van der Waals surface area contributed by atoms with Crippen LogP contribution in [0, 0.1) is 37.9 Å². The molecule has 2 heteroatoms. The number of nitrogens with zero attached hydrogens (tertiary/aromatic N) is 1. The first-order valence-corrected chi connectivity index (χ1v) is 6.73. The summed E-state index contributed by atoms with van der Waals surface area (Å²) in [6.45, 7) is 6.12. The molecule has 1 atom stereocenters. The van der Waals surface area contributed by atoms with E-state index in [2.05, 4.69) is 25.1 Å². The molecule has 0 heterocycles. The smallest absolute Gasteiger partial charge is 0.123 e. The molecule has 2 aromatic carbocycles. The number of rotatable bonds is 3. The largest absolute Gasteiger partial charge is 0.207 e. The lowest BCUT2D eigenvalue weighted by atomic mass is 9.86. The molecule has 20 heavy (non-hydrogen) atoms. The third kappa shape index (κ3) is 3.05. The van der Waals surface area contributed by atoms with Crippen molar-refractivity contribution in [1.82, 2.24) is 0 Å². The number of aryl methyl sites for hydroxylation is 3. The van der Waals surface area contributed by atoms with Crippen molar-refractivity contribution in [3.05, 3.63) is 70.0 Å². The highest BCUT2D eigenvalue weighted by molar-refractivity contribution is 5.43. The Kier molecular flexibility index (Phi) is 4.20. The second kappa shape index (κ2) is 5.88. The molecule has 0 aliphatic carbocycles. The molecule has 0 radical (unpaired) electrons. The Bertz CT molecular complexity index is 644. The van der Waals surface area contributed by atoms with Gasteiger partial charge in [-0.25, -0.2) is 4.39 Å². The van der Waals surface area contributed by atoms with Gasteiger partial charge >= 0.3 is 0 Å². The van der Waals surface area contributed by atoms with E-state index in [0.717, 1.165) is 22.3 Å². The SMILES string of the molecule is Cc1cc(C)c(C(C#N)Cc2cccc(F)c2)c(C)c1. The maximum Gasteiger partial charge on any atom is 0.123 e. The maximum atomic E-state index is 13.3. The Morgan fingerprint density at radius 3 is 2.30 bits per heavy atom. The van der Waals surface area contributed by atoms with Crippen molar-refractivity contribution < 1.29 is 4.39 Å². The minimum atomic E-state index is -0.253. The zero-order valence-corrected chi connectivity index (χ0v) is 12.1. The predicted octanol–water partition coefficient (Wildman–Crippen LogP) is 4.60. The zero-order chi connectivity index (χ0) is 14.7. The van der Waals surface area contributed by atoms with Crippen molar-refractivity contribution in [2.45, 2.75) is 33.1 Å². The molecule has 0 fully saturated rings. The minimum absolute atomic E-state index is 0.239. The Morgan fingerprint density at radius 2 is 1.75 bits per heavy atom. The van der Waals surface area contributed by atoms with Crippen LogP contribution in [0.3, 0.4) is 0 Å². The average Bonchev–Trinajstić information content (AvgIpc) is 2.36. The van der Waals surface area contributed by atoms with E-state index in [1.165, 1.54) is 17.7 Å². The van der Waals surface area contributed by atoms with Gasteiger partial charge in [-0.3, -0.25) is 0 Å². The van der Waals surface area contributed by atoms with Crippen LogP contribution in [0.4, 0.5) is 4.39 Å². The van der Waals surface area contributed by atoms with Crippen molar-refractivity contribution in [2.24, 2.45) is 0 Å². The van der Waals surface area contributed by atoms with Crippen LogP contribution in [0.2, 0.25) is 0 Å². The first kappa shape index (κ1) is 14.3. The lowest BCUT2D eigenvalue weighted by Crippen LogP contribution is -2.06. The van der Waals surface area contributed by atoms with Gasteiger partial charge in [0, 0.05) is 0 Å². The number of halogens is 1. The van der Waals surface area contributed by atoms with Crippen molar-refractivity contribution >= 4 is 0 Å².